The molecule has 0 fully saturated rings. The van der Waals surface area contributed by atoms with E-state index in [9.17, 15) is 5.26 Å². The van der Waals surface area contributed by atoms with Gasteiger partial charge in [-0.25, -0.2) is 9.50 Å². The second kappa shape index (κ2) is 5.48. The van der Waals surface area contributed by atoms with Gasteiger partial charge in [0.25, 0.3) is 0 Å². The smallest absolute Gasteiger partial charge is 0.166 e. The van der Waals surface area contributed by atoms with Crippen molar-refractivity contribution in [2.24, 2.45) is 0 Å². The largest absolute Gasteiger partial charge is 0.382 e. The summed E-state index contributed by atoms with van der Waals surface area (Å²) in [4.78, 5) is 8.82. The van der Waals surface area contributed by atoms with Crippen molar-refractivity contribution in [3.8, 4) is 28.5 Å². The number of nitrogens with two attached hydrogens (primary N) is 1. The summed E-state index contributed by atoms with van der Waals surface area (Å²) in [6.07, 6.45) is 5.25. The van der Waals surface area contributed by atoms with Crippen molar-refractivity contribution < 1.29 is 0 Å². The third kappa shape index (κ3) is 2.16. The van der Waals surface area contributed by atoms with Crippen molar-refractivity contribution in [3.63, 3.8) is 0 Å². The van der Waals surface area contributed by atoms with Crippen LogP contribution in [0.4, 0.5) is 5.82 Å². The molecular formula is C18H12N6. The summed E-state index contributed by atoms with van der Waals surface area (Å²) in [6.45, 7) is 0. The van der Waals surface area contributed by atoms with Gasteiger partial charge in [-0.1, -0.05) is 24.3 Å². The first-order valence-corrected chi connectivity index (χ1v) is 7.32. The van der Waals surface area contributed by atoms with Crippen LogP contribution in [0.2, 0.25) is 0 Å². The zero-order valence-corrected chi connectivity index (χ0v) is 12.6. The fourth-order valence-electron chi connectivity index (χ4n) is 2.68. The molecule has 0 aliphatic carbocycles. The average molecular weight is 312 g/mol. The molecule has 24 heavy (non-hydrogen) atoms. The Bertz CT molecular complexity index is 1080. The number of benzene rings is 1. The van der Waals surface area contributed by atoms with Gasteiger partial charge < -0.3 is 5.73 Å². The molecule has 1 aromatic carbocycles. The number of aromatic nitrogens is 4. The quantitative estimate of drug-likeness (QED) is 0.614. The highest BCUT2D eigenvalue weighted by atomic mass is 15.3. The SMILES string of the molecule is N#Cc1ccccc1-c1cnc2c(-c3ccccn3)c(N)nn2c1. The molecule has 3 heterocycles. The lowest BCUT2D eigenvalue weighted by Gasteiger charge is -2.04. The molecule has 4 rings (SSSR count). The third-order valence-corrected chi connectivity index (χ3v) is 3.78. The molecule has 6 heteroatoms. The molecule has 4 aromatic rings. The van der Waals surface area contributed by atoms with E-state index >= 15 is 0 Å². The summed E-state index contributed by atoms with van der Waals surface area (Å²) in [5.74, 6) is 0.368. The average Bonchev–Trinajstić information content (AvgIpc) is 2.97. The van der Waals surface area contributed by atoms with E-state index in [1.807, 2.05) is 42.6 Å². The highest BCUT2D eigenvalue weighted by molar-refractivity contribution is 5.84. The van der Waals surface area contributed by atoms with Gasteiger partial charge in [0.1, 0.15) is 0 Å². The van der Waals surface area contributed by atoms with Gasteiger partial charge in [-0.3, -0.25) is 4.98 Å². The maximum atomic E-state index is 9.27. The highest BCUT2D eigenvalue weighted by Crippen LogP contribution is 2.29. The van der Waals surface area contributed by atoms with Crippen LogP contribution in [0.5, 0.6) is 0 Å². The molecule has 0 unspecified atom stereocenters. The summed E-state index contributed by atoms with van der Waals surface area (Å²) in [5, 5.41) is 13.6. The topological polar surface area (TPSA) is 92.9 Å². The minimum absolute atomic E-state index is 0.368. The third-order valence-electron chi connectivity index (χ3n) is 3.78. The molecule has 0 aliphatic heterocycles. The number of nitrogen functional groups attached to an aromatic ring is 1. The number of hydrogen-bond acceptors (Lipinski definition) is 5. The normalized spacial score (nSPS) is 10.6. The van der Waals surface area contributed by atoms with Crippen molar-refractivity contribution in [2.75, 3.05) is 5.73 Å². The van der Waals surface area contributed by atoms with Crippen LogP contribution in [0, 0.1) is 11.3 Å². The highest BCUT2D eigenvalue weighted by Gasteiger charge is 2.15. The molecule has 0 spiro atoms. The molecule has 0 saturated carbocycles. The van der Waals surface area contributed by atoms with Gasteiger partial charge in [-0.15, -0.1) is 5.10 Å². The van der Waals surface area contributed by atoms with Crippen molar-refractivity contribution in [1.29, 1.82) is 5.26 Å². The molecule has 0 saturated heterocycles. The zero-order chi connectivity index (χ0) is 16.5. The van der Waals surface area contributed by atoms with Gasteiger partial charge in [0.15, 0.2) is 11.5 Å². The monoisotopic (exact) mass is 312 g/mol. The predicted molar refractivity (Wildman–Crippen MR) is 90.8 cm³/mol. The minimum atomic E-state index is 0.368. The fourth-order valence-corrected chi connectivity index (χ4v) is 2.68. The standard InChI is InChI=1S/C18H12N6/c19-9-12-5-1-2-6-14(12)13-10-22-18-16(15-7-3-4-8-21-15)17(20)23-24(18)11-13/h1-8,10-11H,(H2,20,23). The van der Waals surface area contributed by atoms with Crippen LogP contribution >= 0.6 is 0 Å². The van der Waals surface area contributed by atoms with Gasteiger partial charge in [-0.05, 0) is 18.2 Å². The Balaban J connectivity index is 1.91. The molecule has 0 amide bonds. The van der Waals surface area contributed by atoms with E-state index in [4.69, 9.17) is 5.73 Å². The Morgan fingerprint density at radius 2 is 1.88 bits per heavy atom. The number of pyridine rings is 1. The van der Waals surface area contributed by atoms with Gasteiger partial charge in [0, 0.05) is 29.7 Å². The van der Waals surface area contributed by atoms with E-state index in [1.165, 1.54) is 0 Å². The van der Waals surface area contributed by atoms with Crippen molar-refractivity contribution >= 4 is 11.5 Å². The first-order valence-electron chi connectivity index (χ1n) is 7.32. The van der Waals surface area contributed by atoms with E-state index < -0.39 is 0 Å². The summed E-state index contributed by atoms with van der Waals surface area (Å²) >= 11 is 0. The number of hydrogen-bond donors (Lipinski definition) is 1. The van der Waals surface area contributed by atoms with Crippen LogP contribution in [-0.2, 0) is 0 Å². The lowest BCUT2D eigenvalue weighted by Crippen LogP contribution is -1.94. The molecule has 0 radical (unpaired) electrons. The minimum Gasteiger partial charge on any atom is -0.382 e. The summed E-state index contributed by atoms with van der Waals surface area (Å²) < 4.78 is 1.63. The van der Waals surface area contributed by atoms with Crippen molar-refractivity contribution in [3.05, 3.63) is 66.6 Å². The molecule has 0 bridgehead atoms. The molecule has 114 valence electrons. The van der Waals surface area contributed by atoms with E-state index in [-0.39, 0.29) is 0 Å². The maximum absolute atomic E-state index is 9.27. The second-order valence-corrected chi connectivity index (χ2v) is 5.24. The summed E-state index contributed by atoms with van der Waals surface area (Å²) in [7, 11) is 0. The number of rotatable bonds is 2. The van der Waals surface area contributed by atoms with Crippen molar-refractivity contribution in [2.45, 2.75) is 0 Å². The molecular weight excluding hydrogens is 300 g/mol. The fraction of sp³-hybridized carbons (Fsp3) is 0. The first-order chi connectivity index (χ1) is 11.8. The number of fused-ring (bicyclic) bond motifs is 1. The Labute approximate surface area is 137 Å². The molecule has 0 atom stereocenters. The second-order valence-electron chi connectivity index (χ2n) is 5.24. The molecule has 0 aliphatic rings. The van der Waals surface area contributed by atoms with Gasteiger partial charge in [0.05, 0.1) is 22.9 Å². The van der Waals surface area contributed by atoms with E-state index in [0.29, 0.717) is 22.6 Å². The van der Waals surface area contributed by atoms with E-state index in [1.54, 1.807) is 23.0 Å². The molecule has 2 N–H and O–H groups in total. The zero-order valence-electron chi connectivity index (χ0n) is 12.6. The van der Waals surface area contributed by atoms with E-state index in [2.05, 4.69) is 21.1 Å². The predicted octanol–water partition coefficient (Wildman–Crippen LogP) is 2.91. The Morgan fingerprint density at radius 1 is 1.04 bits per heavy atom. The van der Waals surface area contributed by atoms with Gasteiger partial charge in [0.2, 0.25) is 0 Å². The van der Waals surface area contributed by atoms with Gasteiger partial charge in [-0.2, -0.15) is 5.26 Å². The van der Waals surface area contributed by atoms with Crippen LogP contribution in [0.1, 0.15) is 5.56 Å². The Kier molecular flexibility index (Phi) is 3.18. The van der Waals surface area contributed by atoms with Crippen LogP contribution < -0.4 is 5.73 Å². The lowest BCUT2D eigenvalue weighted by atomic mass is 10.0. The maximum Gasteiger partial charge on any atom is 0.166 e. The number of nitriles is 1. The number of anilines is 1. The Morgan fingerprint density at radius 3 is 2.67 bits per heavy atom. The van der Waals surface area contributed by atoms with Crippen LogP contribution in [0.25, 0.3) is 28.0 Å². The molecule has 3 aromatic heterocycles. The Hall–Kier alpha value is -3.72. The summed E-state index contributed by atoms with van der Waals surface area (Å²) in [6, 6.07) is 15.2. The van der Waals surface area contributed by atoms with Crippen LogP contribution in [0.3, 0.4) is 0 Å². The molecule has 6 nitrogen and oxygen atoms in total. The first kappa shape index (κ1) is 13.9. The summed E-state index contributed by atoms with van der Waals surface area (Å²) in [5.41, 5.74) is 10.3. The van der Waals surface area contributed by atoms with Crippen LogP contribution in [0.15, 0.2) is 61.1 Å². The number of nitrogens with zero attached hydrogens (tertiary/aromatic N) is 5. The van der Waals surface area contributed by atoms with E-state index in [0.717, 1.165) is 16.8 Å². The van der Waals surface area contributed by atoms with Crippen LogP contribution in [-0.4, -0.2) is 19.6 Å². The van der Waals surface area contributed by atoms with Crippen molar-refractivity contribution in [1.82, 2.24) is 19.6 Å². The van der Waals surface area contributed by atoms with Gasteiger partial charge >= 0.3 is 0 Å². The lowest BCUT2D eigenvalue weighted by molar-refractivity contribution is 0.947.